The number of nitrogens with zero attached hydrogens (tertiary/aromatic N) is 1. The number of benzene rings is 2. The number of carbonyl (C=O) groups is 3. The fourth-order valence-corrected chi connectivity index (χ4v) is 2.02. The van der Waals surface area contributed by atoms with E-state index in [1.54, 1.807) is 18.2 Å². The van der Waals surface area contributed by atoms with Gasteiger partial charge in [-0.15, -0.1) is 0 Å². The van der Waals surface area contributed by atoms with Crippen molar-refractivity contribution in [1.82, 2.24) is 5.32 Å². The molecule has 2 aromatic rings. The number of methoxy groups -OCH3 is 1. The lowest BCUT2D eigenvalue weighted by Gasteiger charge is -2.08. The first-order valence-corrected chi connectivity index (χ1v) is 7.31. The van der Waals surface area contributed by atoms with Gasteiger partial charge in [0.1, 0.15) is 5.75 Å². The minimum atomic E-state index is -0.923. The summed E-state index contributed by atoms with van der Waals surface area (Å²) in [6.07, 6.45) is 0. The number of carbonyl (C=O) groups excluding carboxylic acids is 3. The highest BCUT2D eigenvalue weighted by Crippen LogP contribution is 2.17. The Hall–Kier alpha value is -3.75. The molecule has 0 aliphatic heterocycles. The average Bonchev–Trinajstić information content (AvgIpc) is 2.66. The Morgan fingerprint density at radius 2 is 1.85 bits per heavy atom. The number of hydrogen-bond donors (Lipinski definition) is 1. The second kappa shape index (κ2) is 8.38. The minimum Gasteiger partial charge on any atom is -0.496 e. The minimum absolute atomic E-state index is 0.0805. The van der Waals surface area contributed by atoms with Crippen molar-refractivity contribution in [3.8, 4) is 5.75 Å². The Morgan fingerprint density at radius 1 is 1.12 bits per heavy atom. The number of rotatable bonds is 6. The maximum Gasteiger partial charge on any atom is 0.338 e. The predicted molar refractivity (Wildman–Crippen MR) is 88.8 cm³/mol. The van der Waals surface area contributed by atoms with E-state index in [-0.39, 0.29) is 22.6 Å². The number of para-hydroxylation sites is 1. The number of amides is 2. The second-order valence-corrected chi connectivity index (χ2v) is 4.96. The van der Waals surface area contributed by atoms with E-state index in [4.69, 9.17) is 9.47 Å². The molecule has 0 bridgehead atoms. The Bertz CT molecular complexity index is 864. The molecule has 0 unspecified atom stereocenters. The van der Waals surface area contributed by atoms with Crippen LogP contribution in [0.4, 0.5) is 5.69 Å². The third-order valence-electron chi connectivity index (χ3n) is 3.23. The SMILES string of the molecule is COc1ccccc1C(=O)NC(=O)COC(=O)c1cccc([N+](=O)[O-])c1. The molecule has 0 saturated heterocycles. The van der Waals surface area contributed by atoms with E-state index in [0.29, 0.717) is 0 Å². The molecular weight excluding hydrogens is 344 g/mol. The molecule has 2 aromatic carbocycles. The van der Waals surface area contributed by atoms with Crippen LogP contribution in [-0.4, -0.2) is 36.4 Å². The van der Waals surface area contributed by atoms with Crippen LogP contribution < -0.4 is 10.1 Å². The number of esters is 1. The first kappa shape index (κ1) is 18.6. The molecule has 0 radical (unpaired) electrons. The zero-order valence-corrected chi connectivity index (χ0v) is 13.6. The lowest BCUT2D eigenvalue weighted by Crippen LogP contribution is -2.34. The number of non-ortho nitro benzene ring substituents is 1. The zero-order valence-electron chi connectivity index (χ0n) is 13.6. The van der Waals surface area contributed by atoms with Crippen molar-refractivity contribution in [2.24, 2.45) is 0 Å². The van der Waals surface area contributed by atoms with Gasteiger partial charge in [0, 0.05) is 12.1 Å². The molecule has 0 aliphatic rings. The first-order chi connectivity index (χ1) is 12.4. The number of imide groups is 1. The van der Waals surface area contributed by atoms with Crippen molar-refractivity contribution >= 4 is 23.5 Å². The Kier molecular flexibility index (Phi) is 5.99. The Morgan fingerprint density at radius 3 is 2.54 bits per heavy atom. The Labute approximate surface area is 147 Å². The van der Waals surface area contributed by atoms with Crippen molar-refractivity contribution in [2.75, 3.05) is 13.7 Å². The molecule has 2 amide bonds. The molecule has 2 rings (SSSR count). The van der Waals surface area contributed by atoms with Crippen LogP contribution in [0.25, 0.3) is 0 Å². The highest BCUT2D eigenvalue weighted by molar-refractivity contribution is 6.07. The van der Waals surface area contributed by atoms with Crippen LogP contribution in [0.2, 0.25) is 0 Å². The highest BCUT2D eigenvalue weighted by atomic mass is 16.6. The van der Waals surface area contributed by atoms with Gasteiger partial charge in [-0.1, -0.05) is 18.2 Å². The van der Waals surface area contributed by atoms with E-state index in [2.05, 4.69) is 5.32 Å². The van der Waals surface area contributed by atoms with Crippen molar-refractivity contribution in [3.05, 3.63) is 69.8 Å². The maximum absolute atomic E-state index is 12.0. The lowest BCUT2D eigenvalue weighted by atomic mass is 10.2. The van der Waals surface area contributed by atoms with Crippen LogP contribution in [0.5, 0.6) is 5.75 Å². The molecule has 0 spiro atoms. The summed E-state index contributed by atoms with van der Waals surface area (Å²) in [5.41, 5.74) is -0.216. The van der Waals surface area contributed by atoms with Crippen LogP contribution in [0.3, 0.4) is 0 Å². The number of ether oxygens (including phenoxy) is 2. The summed E-state index contributed by atoms with van der Waals surface area (Å²) < 4.78 is 9.78. The van der Waals surface area contributed by atoms with Crippen LogP contribution in [-0.2, 0) is 9.53 Å². The van der Waals surface area contributed by atoms with Crippen LogP contribution in [0.1, 0.15) is 20.7 Å². The molecule has 0 atom stereocenters. The molecule has 0 saturated carbocycles. The molecule has 26 heavy (non-hydrogen) atoms. The van der Waals surface area contributed by atoms with Gasteiger partial charge in [0.2, 0.25) is 0 Å². The monoisotopic (exact) mass is 358 g/mol. The second-order valence-electron chi connectivity index (χ2n) is 4.96. The highest BCUT2D eigenvalue weighted by Gasteiger charge is 2.17. The third kappa shape index (κ3) is 4.63. The Balaban J connectivity index is 1.94. The van der Waals surface area contributed by atoms with E-state index in [9.17, 15) is 24.5 Å². The fraction of sp³-hybridized carbons (Fsp3) is 0.118. The zero-order chi connectivity index (χ0) is 19.1. The van der Waals surface area contributed by atoms with Crippen LogP contribution >= 0.6 is 0 Å². The van der Waals surface area contributed by atoms with Crippen molar-refractivity contribution in [1.29, 1.82) is 0 Å². The van der Waals surface area contributed by atoms with E-state index in [1.807, 2.05) is 0 Å². The lowest BCUT2D eigenvalue weighted by molar-refractivity contribution is -0.384. The maximum atomic E-state index is 12.0. The van der Waals surface area contributed by atoms with Crippen molar-refractivity contribution in [3.63, 3.8) is 0 Å². The number of hydrogen-bond acceptors (Lipinski definition) is 7. The molecule has 134 valence electrons. The van der Waals surface area contributed by atoms with Gasteiger partial charge in [-0.05, 0) is 18.2 Å². The van der Waals surface area contributed by atoms with E-state index >= 15 is 0 Å². The molecular formula is C17H14N2O7. The van der Waals surface area contributed by atoms with E-state index < -0.39 is 29.3 Å². The topological polar surface area (TPSA) is 125 Å². The van der Waals surface area contributed by atoms with Gasteiger partial charge in [0.05, 0.1) is 23.2 Å². The molecule has 1 N–H and O–H groups in total. The standard InChI is InChI=1S/C17H14N2O7/c1-25-14-8-3-2-7-13(14)16(21)18-15(20)10-26-17(22)11-5-4-6-12(9-11)19(23)24/h2-9H,10H2,1H3,(H,18,20,21). The quantitative estimate of drug-likeness (QED) is 0.473. The predicted octanol–water partition coefficient (Wildman–Crippen LogP) is 1.72. The molecule has 0 fully saturated rings. The molecule has 9 nitrogen and oxygen atoms in total. The van der Waals surface area contributed by atoms with Crippen molar-refractivity contribution < 1.29 is 28.8 Å². The van der Waals surface area contributed by atoms with E-state index in [0.717, 1.165) is 6.07 Å². The van der Waals surface area contributed by atoms with Gasteiger partial charge in [-0.3, -0.25) is 25.0 Å². The summed E-state index contributed by atoms with van der Waals surface area (Å²) in [6.45, 7) is -0.720. The first-order valence-electron chi connectivity index (χ1n) is 7.31. The molecule has 9 heteroatoms. The summed E-state index contributed by atoms with van der Waals surface area (Å²) in [5.74, 6) is -2.20. The van der Waals surface area contributed by atoms with E-state index in [1.165, 1.54) is 31.4 Å². The van der Waals surface area contributed by atoms with Gasteiger partial charge in [-0.25, -0.2) is 4.79 Å². The van der Waals surface area contributed by atoms with Crippen LogP contribution in [0.15, 0.2) is 48.5 Å². The summed E-state index contributed by atoms with van der Waals surface area (Å²) in [6, 6.07) is 11.2. The fourth-order valence-electron chi connectivity index (χ4n) is 2.02. The summed E-state index contributed by atoms with van der Waals surface area (Å²) in [5, 5.41) is 12.8. The van der Waals surface area contributed by atoms with Gasteiger partial charge in [0.25, 0.3) is 17.5 Å². The molecule has 0 aromatic heterocycles. The van der Waals surface area contributed by atoms with Crippen LogP contribution in [0, 0.1) is 10.1 Å². The number of nitro groups is 1. The third-order valence-corrected chi connectivity index (χ3v) is 3.23. The summed E-state index contributed by atoms with van der Waals surface area (Å²) >= 11 is 0. The van der Waals surface area contributed by atoms with Gasteiger partial charge < -0.3 is 9.47 Å². The number of nitrogens with one attached hydrogen (secondary N) is 1. The van der Waals surface area contributed by atoms with Crippen molar-refractivity contribution in [2.45, 2.75) is 0 Å². The van der Waals surface area contributed by atoms with Gasteiger partial charge in [0.15, 0.2) is 6.61 Å². The van der Waals surface area contributed by atoms with Gasteiger partial charge in [-0.2, -0.15) is 0 Å². The largest absolute Gasteiger partial charge is 0.496 e. The number of nitro benzene ring substituents is 1. The molecule has 0 aliphatic carbocycles. The normalized spacial score (nSPS) is 9.88. The smallest absolute Gasteiger partial charge is 0.338 e. The molecule has 0 heterocycles. The van der Waals surface area contributed by atoms with Gasteiger partial charge >= 0.3 is 5.97 Å². The summed E-state index contributed by atoms with van der Waals surface area (Å²) in [4.78, 5) is 45.7. The average molecular weight is 358 g/mol. The summed E-state index contributed by atoms with van der Waals surface area (Å²) in [7, 11) is 1.38.